The zero-order valence-corrected chi connectivity index (χ0v) is 37.8. The van der Waals surface area contributed by atoms with E-state index in [4.69, 9.17) is 9.72 Å². The Hall–Kier alpha value is -5.20. The molecule has 0 bridgehead atoms. The number of aromatic hydroxyl groups is 1. The number of fused-ring (bicyclic) bond motifs is 4. The van der Waals surface area contributed by atoms with Crippen molar-refractivity contribution in [3.63, 3.8) is 0 Å². The van der Waals surface area contributed by atoms with Crippen molar-refractivity contribution in [1.82, 2.24) is 29.5 Å². The highest BCUT2D eigenvalue weighted by atomic mass is 28.3. The third kappa shape index (κ3) is 7.46. The zero-order valence-electron chi connectivity index (χ0n) is 36.8. The summed E-state index contributed by atoms with van der Waals surface area (Å²) in [6, 6.07) is 8.13. The Labute approximate surface area is 361 Å². The standard InChI is InChI=1S/C47H55F4N7O3Si/c1-27(2)62(28(3)4,29(5)6)18-13-34-37(49)12-11-30-19-33(59)21-35(40(30)34)41-38(50)22-36-43(42(41)51)52-46(61-26-47-14-9-16-57(47)24-31(48)23-47)53-44(36)56-15-10-17-58-32(25-56)20-39(54-58)45(60)55(7)8/h11-12,19-22,27-29,31,59H,9-10,14-17,23-26H2,1-8H3/t31-,47+/m1/s1. The van der Waals surface area contributed by atoms with Gasteiger partial charge in [0, 0.05) is 56.5 Å². The zero-order chi connectivity index (χ0) is 44.4. The van der Waals surface area contributed by atoms with Gasteiger partial charge in [-0.25, -0.2) is 17.6 Å². The second kappa shape index (κ2) is 16.5. The van der Waals surface area contributed by atoms with Crippen molar-refractivity contribution in [2.24, 2.45) is 0 Å². The van der Waals surface area contributed by atoms with Crippen LogP contribution in [-0.4, -0.2) is 101 Å². The van der Waals surface area contributed by atoms with Crippen LogP contribution < -0.4 is 9.64 Å². The molecule has 0 spiro atoms. The summed E-state index contributed by atoms with van der Waals surface area (Å²) in [4.78, 5) is 27.7. The normalized spacial score (nSPS) is 19.3. The lowest BCUT2D eigenvalue weighted by Gasteiger charge is -2.38. The summed E-state index contributed by atoms with van der Waals surface area (Å²) in [7, 11) is 0.911. The lowest BCUT2D eigenvalue weighted by molar-refractivity contribution is 0.0821. The van der Waals surface area contributed by atoms with Gasteiger partial charge in [0.2, 0.25) is 0 Å². The van der Waals surface area contributed by atoms with Gasteiger partial charge in [0.1, 0.15) is 49.6 Å². The average molecular weight is 870 g/mol. The molecule has 3 aliphatic rings. The summed E-state index contributed by atoms with van der Waals surface area (Å²) in [5.74, 6) is 0.210. The molecule has 0 aliphatic carbocycles. The van der Waals surface area contributed by atoms with Gasteiger partial charge < -0.3 is 19.6 Å². The molecule has 2 atom stereocenters. The second-order valence-corrected chi connectivity index (χ2v) is 24.1. The number of halogens is 4. The summed E-state index contributed by atoms with van der Waals surface area (Å²) in [5.41, 5.74) is 3.89. The third-order valence-electron chi connectivity index (χ3n) is 13.6. The number of carbonyl (C=O) groups excluding carboxylic acids is 1. The quantitative estimate of drug-likeness (QED) is 0.0890. The van der Waals surface area contributed by atoms with E-state index in [1.54, 1.807) is 24.8 Å². The van der Waals surface area contributed by atoms with E-state index in [2.05, 4.69) is 68.0 Å². The molecule has 1 amide bonds. The lowest BCUT2D eigenvalue weighted by Crippen LogP contribution is -2.43. The molecule has 62 heavy (non-hydrogen) atoms. The van der Waals surface area contributed by atoms with Crippen LogP contribution in [0.4, 0.5) is 23.4 Å². The Bertz CT molecular complexity index is 2620. The number of carbonyl (C=O) groups is 1. The van der Waals surface area contributed by atoms with Gasteiger partial charge in [-0.15, -0.1) is 5.54 Å². The maximum atomic E-state index is 17.7. The smallest absolute Gasteiger partial charge is 0.319 e. The van der Waals surface area contributed by atoms with E-state index >= 15 is 13.2 Å². The Morgan fingerprint density at radius 3 is 2.44 bits per heavy atom. The van der Waals surface area contributed by atoms with Gasteiger partial charge in [0.05, 0.1) is 28.9 Å². The maximum absolute atomic E-state index is 17.7. The number of hydrogen-bond acceptors (Lipinski definition) is 8. The first kappa shape index (κ1) is 43.4. The van der Waals surface area contributed by atoms with Crippen molar-refractivity contribution in [1.29, 1.82) is 0 Å². The van der Waals surface area contributed by atoms with E-state index in [1.807, 2.05) is 4.90 Å². The average Bonchev–Trinajstić information content (AvgIpc) is 3.84. The highest BCUT2D eigenvalue weighted by Crippen LogP contribution is 2.45. The number of hydrogen-bond donors (Lipinski definition) is 1. The number of ether oxygens (including phenoxy) is 1. The highest BCUT2D eigenvalue weighted by Gasteiger charge is 2.49. The van der Waals surface area contributed by atoms with Crippen LogP contribution in [0, 0.1) is 28.9 Å². The van der Waals surface area contributed by atoms with E-state index in [-0.39, 0.29) is 86.4 Å². The van der Waals surface area contributed by atoms with Gasteiger partial charge in [-0.2, -0.15) is 15.1 Å². The molecule has 10 nitrogen and oxygen atoms in total. The molecule has 0 unspecified atom stereocenters. The molecule has 2 aromatic heterocycles. The minimum atomic E-state index is -2.39. The van der Waals surface area contributed by atoms with Crippen LogP contribution >= 0.6 is 0 Å². The van der Waals surface area contributed by atoms with Crippen LogP contribution in [0.1, 0.15) is 89.0 Å². The number of benzene rings is 3. The minimum absolute atomic E-state index is 0.000906. The van der Waals surface area contributed by atoms with E-state index in [1.165, 1.54) is 35.2 Å². The van der Waals surface area contributed by atoms with Crippen molar-refractivity contribution in [2.45, 2.75) is 109 Å². The molecule has 2 saturated heterocycles. The summed E-state index contributed by atoms with van der Waals surface area (Å²) in [5, 5.41) is 16.2. The Balaban J connectivity index is 1.32. The lowest BCUT2D eigenvalue weighted by atomic mass is 9.92. The van der Waals surface area contributed by atoms with Crippen molar-refractivity contribution in [2.75, 3.05) is 45.2 Å². The number of alkyl halides is 1. The Morgan fingerprint density at radius 2 is 1.73 bits per heavy atom. The van der Waals surface area contributed by atoms with E-state index in [9.17, 15) is 14.3 Å². The molecule has 15 heteroatoms. The molecule has 328 valence electrons. The van der Waals surface area contributed by atoms with Crippen molar-refractivity contribution in [3.8, 4) is 34.4 Å². The molecule has 5 aromatic rings. The summed E-state index contributed by atoms with van der Waals surface area (Å²) in [6.07, 6.45) is 1.48. The monoisotopic (exact) mass is 869 g/mol. The van der Waals surface area contributed by atoms with Gasteiger partial charge in [-0.3, -0.25) is 14.4 Å². The predicted octanol–water partition coefficient (Wildman–Crippen LogP) is 9.41. The number of amides is 1. The number of phenols is 1. The van der Waals surface area contributed by atoms with E-state index in [0.717, 1.165) is 19.4 Å². The predicted molar refractivity (Wildman–Crippen MR) is 236 cm³/mol. The number of phenolic OH excluding ortho intramolecular Hbond substituents is 1. The van der Waals surface area contributed by atoms with Gasteiger partial charge in [-0.1, -0.05) is 53.5 Å². The Kier molecular flexibility index (Phi) is 11.6. The first-order valence-corrected chi connectivity index (χ1v) is 23.9. The van der Waals surface area contributed by atoms with Crippen molar-refractivity contribution < 1.29 is 32.2 Å². The summed E-state index contributed by atoms with van der Waals surface area (Å²) in [6.45, 7) is 15.1. The first-order chi connectivity index (χ1) is 29.4. The Morgan fingerprint density at radius 1 is 0.984 bits per heavy atom. The van der Waals surface area contributed by atoms with Gasteiger partial charge >= 0.3 is 6.01 Å². The van der Waals surface area contributed by atoms with E-state index < -0.39 is 42.8 Å². The SMILES string of the molecule is CC(C)[Si](C#Cc1c(F)ccc2cc(O)cc(-c3c(F)cc4c(N5CCCn6nc(C(=O)N(C)C)cc6C5)nc(OC[C@@]56CCCN5C[C@H](F)C6)nc4c3F)c12)(C(C)C)C(C)C. The molecule has 1 N–H and O–H groups in total. The summed E-state index contributed by atoms with van der Waals surface area (Å²) < 4.78 is 73.8. The summed E-state index contributed by atoms with van der Waals surface area (Å²) >= 11 is 0. The maximum Gasteiger partial charge on any atom is 0.319 e. The van der Waals surface area contributed by atoms with Crippen LogP contribution in [0.25, 0.3) is 32.8 Å². The molecule has 5 heterocycles. The second-order valence-electron chi connectivity index (χ2n) is 18.5. The number of aromatic nitrogens is 4. The van der Waals surface area contributed by atoms with Crippen LogP contribution in [0.15, 0.2) is 36.4 Å². The largest absolute Gasteiger partial charge is 0.508 e. The van der Waals surface area contributed by atoms with Gasteiger partial charge in [-0.05, 0) is 78.1 Å². The third-order valence-corrected chi connectivity index (χ3v) is 19.9. The number of rotatable bonds is 9. The van der Waals surface area contributed by atoms with Crippen molar-refractivity contribution >= 4 is 41.5 Å². The van der Waals surface area contributed by atoms with Crippen LogP contribution in [0.2, 0.25) is 16.6 Å². The highest BCUT2D eigenvalue weighted by molar-refractivity contribution is 6.90. The fourth-order valence-corrected chi connectivity index (χ4v) is 15.9. The minimum Gasteiger partial charge on any atom is -0.508 e. The van der Waals surface area contributed by atoms with Crippen LogP contribution in [0.5, 0.6) is 11.8 Å². The number of anilines is 1. The van der Waals surface area contributed by atoms with E-state index in [0.29, 0.717) is 43.6 Å². The molecular weight excluding hydrogens is 815 g/mol. The molecule has 0 radical (unpaired) electrons. The van der Waals surface area contributed by atoms with Crippen LogP contribution in [0.3, 0.4) is 0 Å². The molecule has 8 rings (SSSR count). The molecule has 2 fully saturated rings. The molecule has 3 aromatic carbocycles. The van der Waals surface area contributed by atoms with Gasteiger partial charge in [0.15, 0.2) is 11.5 Å². The van der Waals surface area contributed by atoms with Gasteiger partial charge in [0.25, 0.3) is 5.91 Å². The fraction of sp³-hybridized carbons (Fsp3) is 0.489. The first-order valence-electron chi connectivity index (χ1n) is 21.7. The van der Waals surface area contributed by atoms with Crippen molar-refractivity contribution in [3.05, 3.63) is 70.8 Å². The molecule has 3 aliphatic heterocycles. The topological polar surface area (TPSA) is 99.9 Å². The number of nitrogens with zero attached hydrogens (tertiary/aromatic N) is 7. The van der Waals surface area contributed by atoms with Crippen LogP contribution in [-0.2, 0) is 13.1 Å². The molecular formula is C47H55F4N7O3Si. The number of aryl methyl sites for hydroxylation is 1. The molecule has 0 saturated carbocycles. The fourth-order valence-electron chi connectivity index (χ4n) is 10.7.